The van der Waals surface area contributed by atoms with Crippen LogP contribution in [0, 0.1) is 5.92 Å². The molecule has 1 aliphatic heterocycles. The Balaban J connectivity index is 1.51. The largest absolute Gasteiger partial charge is 0.310 e. The molecular weight excluding hydrogens is 366 g/mol. The van der Waals surface area contributed by atoms with Crippen molar-refractivity contribution in [2.45, 2.75) is 56.5 Å². The van der Waals surface area contributed by atoms with Crippen molar-refractivity contribution < 1.29 is 4.79 Å². The highest BCUT2D eigenvalue weighted by atomic mass is 35.5. The number of anilines is 1. The number of carbonyl (C=O) groups excluding carboxylic acids is 1. The van der Waals surface area contributed by atoms with Crippen LogP contribution >= 0.6 is 23.4 Å². The van der Waals surface area contributed by atoms with E-state index in [1.54, 1.807) is 0 Å². The summed E-state index contributed by atoms with van der Waals surface area (Å²) in [5, 5.41) is 8.55. The molecule has 1 saturated carbocycles. The first-order valence-electron chi connectivity index (χ1n) is 9.45. The molecule has 1 aliphatic carbocycles. The number of amides is 1. The predicted octanol–water partition coefficient (Wildman–Crippen LogP) is 5.57. The standard InChI is InChI=1S/C20H24ClN3OS/c21-15-7-4-8-16(11-15)24-20(17-12-26-13-18(17)23-24)22-19(25)10-9-14-5-2-1-3-6-14/h4,7-8,11,14H,1-3,5-6,9-10,12-13H2,(H,22,25). The third kappa shape index (κ3) is 3.94. The van der Waals surface area contributed by atoms with Gasteiger partial charge >= 0.3 is 0 Å². The van der Waals surface area contributed by atoms with Crippen molar-refractivity contribution in [1.29, 1.82) is 0 Å². The van der Waals surface area contributed by atoms with Gasteiger partial charge < -0.3 is 5.32 Å². The van der Waals surface area contributed by atoms with Gasteiger partial charge in [-0.15, -0.1) is 0 Å². The molecule has 1 aromatic carbocycles. The number of nitrogens with zero attached hydrogens (tertiary/aromatic N) is 2. The fourth-order valence-electron chi connectivity index (χ4n) is 3.94. The highest BCUT2D eigenvalue weighted by Crippen LogP contribution is 2.36. The first-order chi connectivity index (χ1) is 12.7. The van der Waals surface area contributed by atoms with Gasteiger partial charge in [-0.05, 0) is 30.5 Å². The van der Waals surface area contributed by atoms with E-state index in [9.17, 15) is 4.79 Å². The van der Waals surface area contributed by atoms with Gasteiger partial charge in [0.15, 0.2) is 0 Å². The molecule has 0 unspecified atom stereocenters. The van der Waals surface area contributed by atoms with Crippen molar-refractivity contribution >= 4 is 35.1 Å². The van der Waals surface area contributed by atoms with Crippen LogP contribution in [0.1, 0.15) is 56.2 Å². The van der Waals surface area contributed by atoms with Crippen LogP contribution in [0.3, 0.4) is 0 Å². The average molecular weight is 390 g/mol. The monoisotopic (exact) mass is 389 g/mol. The molecule has 1 N–H and O–H groups in total. The van der Waals surface area contributed by atoms with E-state index in [0.29, 0.717) is 17.4 Å². The second kappa shape index (κ2) is 8.05. The van der Waals surface area contributed by atoms with Crippen molar-refractivity contribution in [2.24, 2.45) is 5.92 Å². The molecule has 26 heavy (non-hydrogen) atoms. The van der Waals surface area contributed by atoms with Gasteiger partial charge in [-0.3, -0.25) is 4.79 Å². The minimum absolute atomic E-state index is 0.0958. The van der Waals surface area contributed by atoms with Crippen molar-refractivity contribution in [3.05, 3.63) is 40.5 Å². The lowest BCUT2D eigenvalue weighted by molar-refractivity contribution is -0.116. The van der Waals surface area contributed by atoms with Gasteiger partial charge in [0.05, 0.1) is 11.4 Å². The van der Waals surface area contributed by atoms with E-state index in [4.69, 9.17) is 16.7 Å². The predicted molar refractivity (Wildman–Crippen MR) is 108 cm³/mol. The zero-order valence-corrected chi connectivity index (χ0v) is 16.4. The van der Waals surface area contributed by atoms with Crippen LogP contribution in [0.15, 0.2) is 24.3 Å². The molecule has 0 saturated heterocycles. The summed E-state index contributed by atoms with van der Waals surface area (Å²) in [6.45, 7) is 0. The Labute approximate surface area is 163 Å². The third-order valence-corrected chi connectivity index (χ3v) is 6.57. The number of hydrogen-bond donors (Lipinski definition) is 1. The second-order valence-electron chi connectivity index (χ2n) is 7.25. The highest BCUT2D eigenvalue weighted by molar-refractivity contribution is 7.98. The van der Waals surface area contributed by atoms with E-state index < -0.39 is 0 Å². The topological polar surface area (TPSA) is 46.9 Å². The van der Waals surface area contributed by atoms with E-state index in [-0.39, 0.29) is 5.91 Å². The number of aromatic nitrogens is 2. The molecule has 138 valence electrons. The van der Waals surface area contributed by atoms with Crippen molar-refractivity contribution in [2.75, 3.05) is 5.32 Å². The quantitative estimate of drug-likeness (QED) is 0.726. The summed E-state index contributed by atoms with van der Waals surface area (Å²) >= 11 is 7.99. The maximum atomic E-state index is 12.6. The van der Waals surface area contributed by atoms with Crippen molar-refractivity contribution in [3.8, 4) is 5.69 Å². The number of thioether (sulfide) groups is 1. The molecule has 4 nitrogen and oxygen atoms in total. The number of hydrogen-bond acceptors (Lipinski definition) is 3. The Morgan fingerprint density at radius 3 is 2.92 bits per heavy atom. The van der Waals surface area contributed by atoms with E-state index in [1.165, 1.54) is 32.1 Å². The minimum Gasteiger partial charge on any atom is -0.310 e. The molecule has 0 radical (unpaired) electrons. The average Bonchev–Trinajstić information content (AvgIpc) is 3.24. The van der Waals surface area contributed by atoms with Gasteiger partial charge in [0.1, 0.15) is 5.82 Å². The van der Waals surface area contributed by atoms with Crippen LogP contribution < -0.4 is 5.32 Å². The number of rotatable bonds is 5. The molecule has 1 fully saturated rings. The Bertz CT molecular complexity index is 798. The highest BCUT2D eigenvalue weighted by Gasteiger charge is 2.25. The summed E-state index contributed by atoms with van der Waals surface area (Å²) < 4.78 is 1.84. The lowest BCUT2D eigenvalue weighted by atomic mass is 9.86. The van der Waals surface area contributed by atoms with Crippen LogP contribution in [0.25, 0.3) is 5.69 Å². The maximum absolute atomic E-state index is 12.6. The van der Waals surface area contributed by atoms with Gasteiger partial charge in [0.25, 0.3) is 0 Å². The van der Waals surface area contributed by atoms with Crippen LogP contribution in [0.5, 0.6) is 0 Å². The molecule has 0 atom stereocenters. The number of carbonyl (C=O) groups is 1. The number of fused-ring (bicyclic) bond motifs is 1. The van der Waals surface area contributed by atoms with Gasteiger partial charge in [0, 0.05) is 28.5 Å². The molecule has 2 heterocycles. The lowest BCUT2D eigenvalue weighted by Gasteiger charge is -2.21. The number of halogens is 1. The molecule has 2 aliphatic rings. The fourth-order valence-corrected chi connectivity index (χ4v) is 5.16. The van der Waals surface area contributed by atoms with Crippen LogP contribution in [-0.4, -0.2) is 15.7 Å². The Hall–Kier alpha value is -1.46. The van der Waals surface area contributed by atoms with E-state index in [1.807, 2.05) is 40.7 Å². The molecule has 4 rings (SSSR count). The first kappa shape index (κ1) is 17.9. The van der Waals surface area contributed by atoms with Crippen molar-refractivity contribution in [3.63, 3.8) is 0 Å². The number of nitrogens with one attached hydrogen (secondary N) is 1. The minimum atomic E-state index is 0.0958. The lowest BCUT2D eigenvalue weighted by Crippen LogP contribution is -2.17. The smallest absolute Gasteiger partial charge is 0.225 e. The summed E-state index contributed by atoms with van der Waals surface area (Å²) in [6, 6.07) is 7.61. The van der Waals surface area contributed by atoms with Crippen LogP contribution in [0.4, 0.5) is 5.82 Å². The summed E-state index contributed by atoms with van der Waals surface area (Å²) in [7, 11) is 0. The SMILES string of the molecule is O=C(CCC1CCCCC1)Nc1c2c(nn1-c1cccc(Cl)c1)CSC2. The van der Waals surface area contributed by atoms with Gasteiger partial charge in [-0.2, -0.15) is 16.9 Å². The van der Waals surface area contributed by atoms with E-state index in [0.717, 1.165) is 40.7 Å². The first-order valence-corrected chi connectivity index (χ1v) is 11.0. The van der Waals surface area contributed by atoms with E-state index in [2.05, 4.69) is 5.32 Å². The van der Waals surface area contributed by atoms with E-state index >= 15 is 0 Å². The summed E-state index contributed by atoms with van der Waals surface area (Å²) in [6.07, 6.45) is 8.13. The molecule has 1 aromatic heterocycles. The molecule has 6 heteroatoms. The Kier molecular flexibility index (Phi) is 5.55. The van der Waals surface area contributed by atoms with Crippen molar-refractivity contribution in [1.82, 2.24) is 9.78 Å². The normalized spacial score (nSPS) is 17.3. The molecule has 2 aromatic rings. The van der Waals surface area contributed by atoms with Crippen LogP contribution in [-0.2, 0) is 16.3 Å². The summed E-state index contributed by atoms with van der Waals surface area (Å²) in [5.74, 6) is 3.43. The number of benzene rings is 1. The zero-order chi connectivity index (χ0) is 17.9. The zero-order valence-electron chi connectivity index (χ0n) is 14.8. The van der Waals surface area contributed by atoms with Crippen LogP contribution in [0.2, 0.25) is 5.02 Å². The third-order valence-electron chi connectivity index (χ3n) is 5.37. The maximum Gasteiger partial charge on any atom is 0.225 e. The Morgan fingerprint density at radius 1 is 1.27 bits per heavy atom. The Morgan fingerprint density at radius 2 is 2.12 bits per heavy atom. The van der Waals surface area contributed by atoms with Gasteiger partial charge in [-0.1, -0.05) is 49.8 Å². The van der Waals surface area contributed by atoms with Gasteiger partial charge in [0.2, 0.25) is 5.91 Å². The summed E-state index contributed by atoms with van der Waals surface area (Å²) in [4.78, 5) is 12.6. The second-order valence-corrected chi connectivity index (χ2v) is 8.67. The van der Waals surface area contributed by atoms with Gasteiger partial charge in [-0.25, -0.2) is 4.68 Å². The molecular formula is C20H24ClN3OS. The molecule has 1 amide bonds. The molecule has 0 bridgehead atoms. The summed E-state index contributed by atoms with van der Waals surface area (Å²) in [5.41, 5.74) is 3.11. The molecule has 0 spiro atoms. The fraction of sp³-hybridized carbons (Fsp3) is 0.500.